The molecule has 0 radical (unpaired) electrons. The molecule has 1 saturated heterocycles. The van der Waals surface area contributed by atoms with Crippen LogP contribution in [0.1, 0.15) is 23.2 Å². The monoisotopic (exact) mass is 279 g/mol. The SMILES string of the molecule is O=C(O)c1ccccc1OCCOCC1CCCNC1. The minimum Gasteiger partial charge on any atom is -0.490 e. The van der Waals surface area contributed by atoms with Gasteiger partial charge in [0.15, 0.2) is 0 Å². The molecule has 0 spiro atoms. The highest BCUT2D eigenvalue weighted by Crippen LogP contribution is 2.17. The summed E-state index contributed by atoms with van der Waals surface area (Å²) in [7, 11) is 0. The number of aromatic carboxylic acids is 1. The smallest absolute Gasteiger partial charge is 0.339 e. The van der Waals surface area contributed by atoms with Crippen molar-refractivity contribution in [2.75, 3.05) is 32.9 Å². The van der Waals surface area contributed by atoms with E-state index in [0.717, 1.165) is 19.7 Å². The summed E-state index contributed by atoms with van der Waals surface area (Å²) < 4.78 is 11.0. The predicted molar refractivity (Wildman–Crippen MR) is 75.3 cm³/mol. The van der Waals surface area contributed by atoms with Gasteiger partial charge in [0, 0.05) is 6.54 Å². The van der Waals surface area contributed by atoms with Gasteiger partial charge >= 0.3 is 5.97 Å². The Labute approximate surface area is 118 Å². The normalized spacial score (nSPS) is 18.7. The average molecular weight is 279 g/mol. The van der Waals surface area contributed by atoms with Gasteiger partial charge in [0.05, 0.1) is 13.2 Å². The van der Waals surface area contributed by atoms with Crippen LogP contribution in [-0.2, 0) is 4.74 Å². The lowest BCUT2D eigenvalue weighted by molar-refractivity contribution is 0.0636. The number of rotatable bonds is 7. The fourth-order valence-corrected chi connectivity index (χ4v) is 2.30. The molecule has 1 unspecified atom stereocenters. The van der Waals surface area contributed by atoms with Gasteiger partial charge in [-0.15, -0.1) is 0 Å². The number of nitrogens with one attached hydrogen (secondary N) is 1. The number of carboxylic acid groups (broad SMARTS) is 1. The third-order valence-electron chi connectivity index (χ3n) is 3.36. The molecule has 20 heavy (non-hydrogen) atoms. The van der Waals surface area contributed by atoms with Crippen molar-refractivity contribution < 1.29 is 19.4 Å². The van der Waals surface area contributed by atoms with E-state index in [1.807, 2.05) is 0 Å². The fraction of sp³-hybridized carbons (Fsp3) is 0.533. The van der Waals surface area contributed by atoms with E-state index < -0.39 is 5.97 Å². The van der Waals surface area contributed by atoms with Crippen LogP contribution in [0.2, 0.25) is 0 Å². The van der Waals surface area contributed by atoms with E-state index in [0.29, 0.717) is 24.9 Å². The van der Waals surface area contributed by atoms with E-state index >= 15 is 0 Å². The van der Waals surface area contributed by atoms with Crippen LogP contribution >= 0.6 is 0 Å². The first-order chi connectivity index (χ1) is 9.77. The molecular weight excluding hydrogens is 258 g/mol. The van der Waals surface area contributed by atoms with Crippen LogP contribution in [0, 0.1) is 5.92 Å². The Bertz CT molecular complexity index is 430. The zero-order valence-electron chi connectivity index (χ0n) is 11.5. The van der Waals surface area contributed by atoms with Crippen LogP contribution in [0.4, 0.5) is 0 Å². The van der Waals surface area contributed by atoms with Crippen molar-refractivity contribution in [2.45, 2.75) is 12.8 Å². The highest BCUT2D eigenvalue weighted by Gasteiger charge is 2.13. The summed E-state index contributed by atoms with van der Waals surface area (Å²) in [6.45, 7) is 3.69. The molecule has 1 aromatic carbocycles. The Morgan fingerprint density at radius 1 is 1.35 bits per heavy atom. The highest BCUT2D eigenvalue weighted by atomic mass is 16.5. The van der Waals surface area contributed by atoms with Gasteiger partial charge in [0.25, 0.3) is 0 Å². The molecule has 1 heterocycles. The van der Waals surface area contributed by atoms with Crippen LogP contribution < -0.4 is 10.1 Å². The quantitative estimate of drug-likeness (QED) is 0.745. The van der Waals surface area contributed by atoms with Gasteiger partial charge in [-0.2, -0.15) is 0 Å². The van der Waals surface area contributed by atoms with Gasteiger partial charge in [0.1, 0.15) is 17.9 Å². The first kappa shape index (κ1) is 14.8. The minimum atomic E-state index is -0.977. The van der Waals surface area contributed by atoms with Gasteiger partial charge in [-0.05, 0) is 37.4 Å². The molecule has 5 heteroatoms. The van der Waals surface area contributed by atoms with E-state index in [9.17, 15) is 4.79 Å². The molecule has 0 amide bonds. The molecule has 1 aliphatic heterocycles. The van der Waals surface area contributed by atoms with E-state index in [2.05, 4.69) is 5.32 Å². The van der Waals surface area contributed by atoms with Crippen molar-refractivity contribution in [1.29, 1.82) is 0 Å². The number of benzene rings is 1. The minimum absolute atomic E-state index is 0.184. The van der Waals surface area contributed by atoms with Crippen molar-refractivity contribution >= 4 is 5.97 Å². The number of carbonyl (C=O) groups is 1. The van der Waals surface area contributed by atoms with Gasteiger partial charge in [-0.25, -0.2) is 4.79 Å². The molecule has 1 aliphatic rings. The molecule has 2 rings (SSSR count). The number of para-hydroxylation sites is 1. The van der Waals surface area contributed by atoms with Gasteiger partial charge in [-0.1, -0.05) is 12.1 Å². The summed E-state index contributed by atoms with van der Waals surface area (Å²) in [5, 5.41) is 12.4. The molecule has 0 bridgehead atoms. The molecule has 110 valence electrons. The maximum Gasteiger partial charge on any atom is 0.339 e. The standard InChI is InChI=1S/C15H21NO4/c17-15(18)13-5-1-2-6-14(13)20-9-8-19-11-12-4-3-7-16-10-12/h1-2,5-6,12,16H,3-4,7-11H2,(H,17,18). The van der Waals surface area contributed by atoms with Gasteiger partial charge < -0.3 is 19.9 Å². The third kappa shape index (κ3) is 4.51. The maximum atomic E-state index is 11.0. The van der Waals surface area contributed by atoms with Crippen molar-refractivity contribution in [3.8, 4) is 5.75 Å². The van der Waals surface area contributed by atoms with E-state index in [4.69, 9.17) is 14.6 Å². The number of piperidine rings is 1. The Kier molecular flexibility index (Phi) is 5.83. The molecule has 1 atom stereocenters. The van der Waals surface area contributed by atoms with Gasteiger partial charge in [-0.3, -0.25) is 0 Å². The summed E-state index contributed by atoms with van der Waals surface area (Å²) in [5.41, 5.74) is 0.184. The Hall–Kier alpha value is -1.59. The Morgan fingerprint density at radius 3 is 2.95 bits per heavy atom. The van der Waals surface area contributed by atoms with E-state index in [-0.39, 0.29) is 5.56 Å². The van der Waals surface area contributed by atoms with Crippen molar-refractivity contribution in [3.05, 3.63) is 29.8 Å². The summed E-state index contributed by atoms with van der Waals surface area (Å²) in [4.78, 5) is 11.0. The molecule has 0 saturated carbocycles. The number of hydrogen-bond donors (Lipinski definition) is 2. The van der Waals surface area contributed by atoms with Crippen LogP contribution in [0.5, 0.6) is 5.75 Å². The van der Waals surface area contributed by atoms with Crippen molar-refractivity contribution in [2.24, 2.45) is 5.92 Å². The zero-order valence-corrected chi connectivity index (χ0v) is 11.5. The van der Waals surface area contributed by atoms with Crippen LogP contribution in [0.15, 0.2) is 24.3 Å². The summed E-state index contributed by atoms with van der Waals surface area (Å²) in [6.07, 6.45) is 2.41. The van der Waals surface area contributed by atoms with Crippen LogP contribution in [-0.4, -0.2) is 44.0 Å². The Morgan fingerprint density at radius 2 is 2.20 bits per heavy atom. The fourth-order valence-electron chi connectivity index (χ4n) is 2.30. The van der Waals surface area contributed by atoms with Gasteiger partial charge in [0.2, 0.25) is 0 Å². The zero-order chi connectivity index (χ0) is 14.2. The number of carboxylic acids is 1. The lowest BCUT2D eigenvalue weighted by Crippen LogP contribution is -2.32. The van der Waals surface area contributed by atoms with E-state index in [1.165, 1.54) is 18.9 Å². The second-order valence-electron chi connectivity index (χ2n) is 4.94. The maximum absolute atomic E-state index is 11.0. The first-order valence-electron chi connectivity index (χ1n) is 7.01. The summed E-state index contributed by atoms with van der Waals surface area (Å²) in [5.74, 6) is -0.00668. The molecule has 0 aliphatic carbocycles. The van der Waals surface area contributed by atoms with Crippen LogP contribution in [0.3, 0.4) is 0 Å². The van der Waals surface area contributed by atoms with Crippen molar-refractivity contribution in [1.82, 2.24) is 5.32 Å². The highest BCUT2D eigenvalue weighted by molar-refractivity contribution is 5.90. The lowest BCUT2D eigenvalue weighted by atomic mass is 10.0. The molecule has 5 nitrogen and oxygen atoms in total. The number of hydrogen-bond acceptors (Lipinski definition) is 4. The molecule has 2 N–H and O–H groups in total. The van der Waals surface area contributed by atoms with Crippen LogP contribution in [0.25, 0.3) is 0 Å². The molecular formula is C15H21NO4. The average Bonchev–Trinajstić information content (AvgIpc) is 2.48. The van der Waals surface area contributed by atoms with E-state index in [1.54, 1.807) is 18.2 Å². The second-order valence-corrected chi connectivity index (χ2v) is 4.94. The Balaban J connectivity index is 1.67. The summed E-state index contributed by atoms with van der Waals surface area (Å²) >= 11 is 0. The lowest BCUT2D eigenvalue weighted by Gasteiger charge is -2.22. The molecule has 1 fully saturated rings. The summed E-state index contributed by atoms with van der Waals surface area (Å²) in [6, 6.07) is 6.64. The van der Waals surface area contributed by atoms with Crippen molar-refractivity contribution in [3.63, 3.8) is 0 Å². The third-order valence-corrected chi connectivity index (χ3v) is 3.36. The molecule has 1 aromatic rings. The molecule has 0 aromatic heterocycles. The topological polar surface area (TPSA) is 67.8 Å². The first-order valence-corrected chi connectivity index (χ1v) is 7.01. The largest absolute Gasteiger partial charge is 0.490 e. The number of ether oxygens (including phenoxy) is 2. The second kappa shape index (κ2) is 7.87. The predicted octanol–water partition coefficient (Wildman–Crippen LogP) is 1.78.